The molecule has 0 spiro atoms. The summed E-state index contributed by atoms with van der Waals surface area (Å²) in [7, 11) is 0. The number of nitrogens with zero attached hydrogens (tertiary/aromatic N) is 8. The molecule has 6 rings (SSSR count). The first-order valence-electron chi connectivity index (χ1n) is 17.3. The average Bonchev–Trinajstić information content (AvgIpc) is 3.91. The van der Waals surface area contributed by atoms with E-state index in [1.807, 2.05) is 77.3 Å². The molecule has 0 bridgehead atoms. The fourth-order valence-electron chi connectivity index (χ4n) is 4.98. The number of carbonyl (C=O) groups excluding carboxylic acids is 2. The van der Waals surface area contributed by atoms with Crippen molar-refractivity contribution in [2.45, 2.75) is 81.6 Å². The van der Waals surface area contributed by atoms with Crippen molar-refractivity contribution in [2.24, 2.45) is 0 Å². The molecular formula is C40H52Cl4Cu2N8O4. The molecule has 18 heteroatoms. The van der Waals surface area contributed by atoms with Crippen molar-refractivity contribution in [2.75, 3.05) is 13.2 Å². The Balaban J connectivity index is -0.000000365. The smallest absolute Gasteiger partial charge is 1.00 e. The van der Waals surface area contributed by atoms with Gasteiger partial charge < -0.3 is 77.4 Å². The van der Waals surface area contributed by atoms with Gasteiger partial charge in [-0.05, 0) is 63.8 Å². The summed E-state index contributed by atoms with van der Waals surface area (Å²) in [6.07, 6.45) is 15.4. The van der Waals surface area contributed by atoms with Gasteiger partial charge >= 0.3 is 46.1 Å². The summed E-state index contributed by atoms with van der Waals surface area (Å²) < 4.78 is 17.4. The summed E-state index contributed by atoms with van der Waals surface area (Å²) in [6.45, 7) is 18.9. The van der Waals surface area contributed by atoms with Crippen LogP contribution in [-0.2, 0) is 79.4 Å². The number of ether oxygens (including phenoxy) is 2. The third-order valence-electron chi connectivity index (χ3n) is 7.85. The molecule has 0 aliphatic rings. The molecule has 326 valence electrons. The van der Waals surface area contributed by atoms with E-state index in [-0.39, 0.29) is 95.7 Å². The zero-order chi connectivity index (χ0) is 37.9. The van der Waals surface area contributed by atoms with Crippen LogP contribution in [0.2, 0.25) is 0 Å². The molecule has 0 unspecified atom stereocenters. The van der Waals surface area contributed by atoms with Crippen LogP contribution in [0.15, 0.2) is 98.1 Å². The van der Waals surface area contributed by atoms with Crippen LogP contribution in [0.25, 0.3) is 0 Å². The van der Waals surface area contributed by atoms with Crippen LogP contribution in [0.5, 0.6) is 0 Å². The maximum atomic E-state index is 9.82. The van der Waals surface area contributed by atoms with Crippen LogP contribution < -0.4 is 49.6 Å². The van der Waals surface area contributed by atoms with Gasteiger partial charge in [0.1, 0.15) is 23.3 Å². The van der Waals surface area contributed by atoms with Gasteiger partial charge in [0.25, 0.3) is 0 Å². The second-order valence-corrected chi connectivity index (χ2v) is 11.9. The molecule has 12 nitrogen and oxygen atoms in total. The van der Waals surface area contributed by atoms with E-state index in [0.717, 1.165) is 49.5 Å². The Morgan fingerprint density at radius 3 is 0.741 bits per heavy atom. The Morgan fingerprint density at radius 1 is 0.448 bits per heavy atom. The van der Waals surface area contributed by atoms with Crippen molar-refractivity contribution >= 4 is 11.9 Å². The van der Waals surface area contributed by atoms with Gasteiger partial charge in [0.05, 0.1) is 13.2 Å². The molecule has 0 atom stereocenters. The second-order valence-electron chi connectivity index (χ2n) is 11.9. The molecule has 58 heavy (non-hydrogen) atoms. The van der Waals surface area contributed by atoms with Crippen molar-refractivity contribution < 1.29 is 103 Å². The van der Waals surface area contributed by atoms with E-state index in [1.54, 1.807) is 13.8 Å². The zero-order valence-corrected chi connectivity index (χ0v) is 38.7. The second kappa shape index (κ2) is 33.3. The van der Waals surface area contributed by atoms with E-state index in [1.165, 1.54) is 36.1 Å². The van der Waals surface area contributed by atoms with Gasteiger partial charge in [-0.15, -0.1) is 0 Å². The van der Waals surface area contributed by atoms with E-state index < -0.39 is 0 Å². The van der Waals surface area contributed by atoms with Gasteiger partial charge in [-0.1, -0.05) is 48.5 Å². The molecule has 6 aromatic rings. The number of hydrogen-bond donors (Lipinski definition) is 0. The molecule has 0 saturated carbocycles. The largest absolute Gasteiger partial charge is 2.00 e. The van der Waals surface area contributed by atoms with Crippen LogP contribution in [-0.4, -0.2) is 63.4 Å². The average molecular weight is 978 g/mol. The third kappa shape index (κ3) is 22.5. The number of carbonyl (C=O) groups is 2. The molecular weight excluding hydrogens is 925 g/mol. The fourth-order valence-corrected chi connectivity index (χ4v) is 4.98. The van der Waals surface area contributed by atoms with Gasteiger partial charge in [-0.3, -0.25) is 9.59 Å². The molecule has 0 amide bonds. The number of aromatic nitrogens is 8. The van der Waals surface area contributed by atoms with E-state index in [2.05, 4.69) is 96.2 Å². The van der Waals surface area contributed by atoms with Crippen molar-refractivity contribution in [3.63, 3.8) is 0 Å². The number of benzene rings is 2. The Morgan fingerprint density at radius 2 is 0.638 bits per heavy atom. The van der Waals surface area contributed by atoms with E-state index in [9.17, 15) is 9.59 Å². The summed E-state index contributed by atoms with van der Waals surface area (Å²) in [6, 6.07) is 17.5. The Bertz CT molecular complexity index is 1690. The van der Waals surface area contributed by atoms with Crippen molar-refractivity contribution in [1.29, 1.82) is 0 Å². The maximum absolute atomic E-state index is 9.82. The standard InChI is InChI=1S/2C16H18N4.2C4H8O2.4ClH.2Cu/c2*1-13-17-7-9-19(13)11-15-3-5-16(6-4-15)12-20-10-8-18-14(20)2;2*1-3-6-4(2)5;;;;;;/h2*3-10H,11-12H2,1-2H3;2*3H2,1-2H3;4*1H;;/q;;;;;;;;2*+2/p-4. The number of halogens is 4. The van der Waals surface area contributed by atoms with Crippen LogP contribution in [0.3, 0.4) is 0 Å². The Hall–Kier alpha value is -3.58. The summed E-state index contributed by atoms with van der Waals surface area (Å²) in [4.78, 5) is 36.6. The minimum Gasteiger partial charge on any atom is -1.00 e. The maximum Gasteiger partial charge on any atom is 2.00 e. The zero-order valence-electron chi connectivity index (χ0n) is 33.8. The minimum absolute atomic E-state index is 0. The van der Waals surface area contributed by atoms with Crippen LogP contribution in [0.1, 0.15) is 73.2 Å². The van der Waals surface area contributed by atoms with Crippen molar-refractivity contribution in [1.82, 2.24) is 38.2 Å². The first-order valence-corrected chi connectivity index (χ1v) is 17.3. The summed E-state index contributed by atoms with van der Waals surface area (Å²) in [5.41, 5.74) is 5.16. The minimum atomic E-state index is -0.211. The summed E-state index contributed by atoms with van der Waals surface area (Å²) >= 11 is 0. The van der Waals surface area contributed by atoms with E-state index >= 15 is 0 Å². The van der Waals surface area contributed by atoms with Crippen LogP contribution in [0.4, 0.5) is 0 Å². The SMILES string of the molecule is CCOC(C)=O.CCOC(C)=O.Cc1nccn1Cc1ccc(Cn2ccnc2C)cc1.Cc1nccn1Cc1ccc(Cn2ccnc2C)cc1.[Cl-].[Cl-].[Cl-].[Cl-].[Cu+2].[Cu+2]. The van der Waals surface area contributed by atoms with Gasteiger partial charge in [0, 0.05) is 89.6 Å². The first-order chi connectivity index (χ1) is 25.0. The molecule has 0 saturated heterocycles. The molecule has 2 aromatic carbocycles. The summed E-state index contributed by atoms with van der Waals surface area (Å²) in [5, 5.41) is 0. The number of hydrogen-bond acceptors (Lipinski definition) is 8. The number of rotatable bonds is 10. The van der Waals surface area contributed by atoms with Crippen molar-refractivity contribution in [3.05, 3.63) is 144 Å². The Kier molecular flexibility index (Phi) is 35.0. The topological polar surface area (TPSA) is 124 Å². The first kappa shape index (κ1) is 61.1. The molecule has 2 radical (unpaired) electrons. The molecule has 0 aliphatic heterocycles. The van der Waals surface area contributed by atoms with Gasteiger partial charge in [0.2, 0.25) is 0 Å². The number of imidazole rings is 4. The third-order valence-corrected chi connectivity index (χ3v) is 7.85. The quantitative estimate of drug-likeness (QED) is 0.0988. The van der Waals surface area contributed by atoms with Gasteiger partial charge in [-0.2, -0.15) is 0 Å². The number of aryl methyl sites for hydroxylation is 4. The van der Waals surface area contributed by atoms with Gasteiger partial charge in [-0.25, -0.2) is 19.9 Å². The molecule has 4 aromatic heterocycles. The summed E-state index contributed by atoms with van der Waals surface area (Å²) in [5.74, 6) is 3.76. The molecule has 0 fully saturated rings. The van der Waals surface area contributed by atoms with Crippen LogP contribution in [0, 0.1) is 27.7 Å². The van der Waals surface area contributed by atoms with Crippen molar-refractivity contribution in [3.8, 4) is 0 Å². The molecule has 0 N–H and O–H groups in total. The normalized spacial score (nSPS) is 9.10. The predicted octanol–water partition coefficient (Wildman–Crippen LogP) is -5.26. The van der Waals surface area contributed by atoms with E-state index in [4.69, 9.17) is 0 Å². The predicted molar refractivity (Wildman–Crippen MR) is 202 cm³/mol. The fraction of sp³-hybridized carbons (Fsp3) is 0.350. The van der Waals surface area contributed by atoms with Crippen LogP contribution >= 0.6 is 0 Å². The molecule has 0 aliphatic carbocycles. The molecule has 4 heterocycles. The van der Waals surface area contributed by atoms with Gasteiger partial charge in [0.15, 0.2) is 0 Å². The number of esters is 2. The van der Waals surface area contributed by atoms with E-state index in [0.29, 0.717) is 13.2 Å². The Labute approximate surface area is 388 Å². The monoisotopic (exact) mass is 974 g/mol.